The van der Waals surface area contributed by atoms with Gasteiger partial charge in [-0.3, -0.25) is 4.79 Å². The molecule has 4 aliphatic rings. The molecule has 0 saturated heterocycles. The zero-order valence-corrected chi connectivity index (χ0v) is 15.5. The quantitative estimate of drug-likeness (QED) is 0.771. The minimum atomic E-state index is -0.278. The highest BCUT2D eigenvalue weighted by molar-refractivity contribution is 5.79. The molecule has 0 bridgehead atoms. The van der Waals surface area contributed by atoms with Crippen molar-refractivity contribution >= 4 is 5.78 Å². The maximum atomic E-state index is 12.2. The first-order chi connectivity index (χ1) is 11.3. The number of carbonyl (C=O) groups excluding carboxylic acids is 1. The van der Waals surface area contributed by atoms with Gasteiger partial charge >= 0.3 is 0 Å². The highest BCUT2D eigenvalue weighted by Crippen LogP contribution is 2.67. The van der Waals surface area contributed by atoms with E-state index in [-0.39, 0.29) is 29.0 Å². The number of fused-ring (bicyclic) bond motifs is 5. The van der Waals surface area contributed by atoms with Crippen LogP contribution in [-0.4, -0.2) is 28.2 Å². The zero-order chi connectivity index (χ0) is 17.3. The fourth-order valence-corrected chi connectivity index (χ4v) is 8.03. The first-order valence-electron chi connectivity index (χ1n) is 10.1. The van der Waals surface area contributed by atoms with Crippen LogP contribution < -0.4 is 0 Å². The fraction of sp³-hybridized carbons (Fsp3) is 0.952. The Morgan fingerprint density at radius 3 is 2.46 bits per heavy atom. The molecule has 0 aromatic heterocycles. The molecule has 3 heteroatoms. The second kappa shape index (κ2) is 5.54. The normalized spacial score (nSPS) is 57.0. The van der Waals surface area contributed by atoms with Gasteiger partial charge in [0.2, 0.25) is 0 Å². The molecule has 24 heavy (non-hydrogen) atoms. The van der Waals surface area contributed by atoms with Crippen LogP contribution in [0.1, 0.15) is 72.1 Å². The van der Waals surface area contributed by atoms with Gasteiger partial charge in [-0.25, -0.2) is 0 Å². The van der Waals surface area contributed by atoms with Crippen LogP contribution in [0.2, 0.25) is 0 Å². The van der Waals surface area contributed by atoms with Crippen molar-refractivity contribution in [3.63, 3.8) is 0 Å². The molecule has 0 heterocycles. The average Bonchev–Trinajstić information content (AvgIpc) is 2.84. The topological polar surface area (TPSA) is 57.5 Å². The van der Waals surface area contributed by atoms with Crippen LogP contribution in [0.25, 0.3) is 0 Å². The third-order valence-corrected chi connectivity index (χ3v) is 9.06. The lowest BCUT2D eigenvalue weighted by Crippen LogP contribution is -2.59. The maximum absolute atomic E-state index is 12.2. The lowest BCUT2D eigenvalue weighted by molar-refractivity contribution is -0.178. The van der Waals surface area contributed by atoms with E-state index >= 15 is 0 Å². The van der Waals surface area contributed by atoms with Crippen LogP contribution in [0.3, 0.4) is 0 Å². The van der Waals surface area contributed by atoms with Crippen molar-refractivity contribution in [2.75, 3.05) is 0 Å². The molecule has 0 unspecified atom stereocenters. The van der Waals surface area contributed by atoms with E-state index in [1.165, 1.54) is 12.8 Å². The Hall–Kier alpha value is -0.410. The molecule has 0 spiro atoms. The summed E-state index contributed by atoms with van der Waals surface area (Å²) in [5.41, 5.74) is 0.182. The minimum absolute atomic E-state index is 0.00376. The molecule has 2 N–H and O–H groups in total. The van der Waals surface area contributed by atoms with E-state index in [9.17, 15) is 15.0 Å². The summed E-state index contributed by atoms with van der Waals surface area (Å²) < 4.78 is 0. The Bertz CT molecular complexity index is 531. The molecule has 4 aliphatic carbocycles. The molecule has 0 radical (unpaired) electrons. The molecule has 3 nitrogen and oxygen atoms in total. The number of hydrogen-bond donors (Lipinski definition) is 2. The third-order valence-electron chi connectivity index (χ3n) is 9.06. The molecule has 0 aromatic carbocycles. The van der Waals surface area contributed by atoms with Crippen LogP contribution in [0.15, 0.2) is 0 Å². The van der Waals surface area contributed by atoms with Crippen molar-refractivity contribution < 1.29 is 15.0 Å². The maximum Gasteiger partial charge on any atom is 0.133 e. The molecule has 0 aromatic rings. The Labute approximate surface area is 146 Å². The lowest BCUT2D eigenvalue weighted by Gasteiger charge is -2.62. The van der Waals surface area contributed by atoms with E-state index in [0.717, 1.165) is 38.5 Å². The number of rotatable bonds is 1. The van der Waals surface area contributed by atoms with Crippen molar-refractivity contribution in [1.82, 2.24) is 0 Å². The number of hydrogen-bond acceptors (Lipinski definition) is 3. The monoisotopic (exact) mass is 334 g/mol. The summed E-state index contributed by atoms with van der Waals surface area (Å²) in [5.74, 6) is 2.58. The van der Waals surface area contributed by atoms with Crippen LogP contribution in [0, 0.1) is 40.4 Å². The number of aliphatic hydroxyl groups excluding tert-OH is 2. The summed E-state index contributed by atoms with van der Waals surface area (Å²) in [6, 6.07) is 0. The lowest BCUT2D eigenvalue weighted by atomic mass is 9.44. The van der Waals surface area contributed by atoms with Crippen molar-refractivity contribution in [2.45, 2.75) is 84.3 Å². The Balaban J connectivity index is 1.67. The second-order valence-corrected chi connectivity index (χ2v) is 10.0. The van der Waals surface area contributed by atoms with Gasteiger partial charge in [0, 0.05) is 5.92 Å². The summed E-state index contributed by atoms with van der Waals surface area (Å²) in [5, 5.41) is 21.3. The van der Waals surface area contributed by atoms with Gasteiger partial charge in [-0.15, -0.1) is 0 Å². The summed E-state index contributed by atoms with van der Waals surface area (Å²) in [4.78, 5) is 12.2. The largest absolute Gasteiger partial charge is 0.393 e. The predicted octanol–water partition coefficient (Wildman–Crippen LogP) is 3.57. The summed E-state index contributed by atoms with van der Waals surface area (Å²) in [6.45, 7) is 6.43. The molecule has 4 fully saturated rings. The van der Waals surface area contributed by atoms with Gasteiger partial charge in [0.1, 0.15) is 5.78 Å². The molecular weight excluding hydrogens is 300 g/mol. The first kappa shape index (κ1) is 17.0. The number of Topliss-reactive ketones (excluding diaryl/α,β-unsaturated/α-hetero) is 1. The number of aliphatic hydroxyl groups is 2. The molecule has 9 atom stereocenters. The predicted molar refractivity (Wildman–Crippen MR) is 93.3 cm³/mol. The van der Waals surface area contributed by atoms with Gasteiger partial charge in [-0.1, -0.05) is 13.8 Å². The van der Waals surface area contributed by atoms with Gasteiger partial charge in [0.15, 0.2) is 0 Å². The fourth-order valence-electron chi connectivity index (χ4n) is 8.03. The van der Waals surface area contributed by atoms with E-state index in [1.807, 2.05) is 0 Å². The van der Waals surface area contributed by atoms with Gasteiger partial charge in [-0.05, 0) is 92.8 Å². The van der Waals surface area contributed by atoms with E-state index < -0.39 is 0 Å². The Morgan fingerprint density at radius 2 is 1.75 bits per heavy atom. The van der Waals surface area contributed by atoms with Crippen molar-refractivity contribution in [3.05, 3.63) is 0 Å². The number of ketones is 1. The van der Waals surface area contributed by atoms with Crippen molar-refractivity contribution in [3.8, 4) is 0 Å². The highest BCUT2D eigenvalue weighted by Gasteiger charge is 2.63. The summed E-state index contributed by atoms with van der Waals surface area (Å²) >= 11 is 0. The Morgan fingerprint density at radius 1 is 1.00 bits per heavy atom. The standard InChI is InChI=1S/C21H34O3/c1-12(22)16-6-7-17-15-5-4-13-10-14(23)8-9-20(13,2)19(15)18(24)11-21(16,17)3/h13-19,23-24H,4-11H2,1-3H3/t13-,14+,15+,16-,17+,18+,19-,20+,21-/m1/s1. The van der Waals surface area contributed by atoms with E-state index in [2.05, 4.69) is 13.8 Å². The average molecular weight is 335 g/mol. The van der Waals surface area contributed by atoms with Gasteiger partial charge in [0.05, 0.1) is 12.2 Å². The molecule has 4 rings (SSSR count). The van der Waals surface area contributed by atoms with Gasteiger partial charge in [-0.2, -0.15) is 0 Å². The highest BCUT2D eigenvalue weighted by atomic mass is 16.3. The van der Waals surface area contributed by atoms with Crippen LogP contribution >= 0.6 is 0 Å². The van der Waals surface area contributed by atoms with Crippen LogP contribution in [-0.2, 0) is 4.79 Å². The molecule has 0 aliphatic heterocycles. The smallest absolute Gasteiger partial charge is 0.133 e. The van der Waals surface area contributed by atoms with E-state index in [1.54, 1.807) is 6.92 Å². The van der Waals surface area contributed by atoms with Crippen molar-refractivity contribution in [2.24, 2.45) is 40.4 Å². The van der Waals surface area contributed by atoms with Crippen molar-refractivity contribution in [1.29, 1.82) is 0 Å². The molecule has 4 saturated carbocycles. The van der Waals surface area contributed by atoms with Gasteiger partial charge < -0.3 is 10.2 Å². The Kier molecular flexibility index (Phi) is 3.93. The van der Waals surface area contributed by atoms with E-state index in [0.29, 0.717) is 29.5 Å². The molecule has 0 amide bonds. The minimum Gasteiger partial charge on any atom is -0.393 e. The zero-order valence-electron chi connectivity index (χ0n) is 15.5. The van der Waals surface area contributed by atoms with Crippen LogP contribution in [0.5, 0.6) is 0 Å². The molecular formula is C21H34O3. The number of carbonyl (C=O) groups is 1. The summed E-state index contributed by atoms with van der Waals surface area (Å²) in [6.07, 6.45) is 7.80. The second-order valence-electron chi connectivity index (χ2n) is 10.0. The van der Waals surface area contributed by atoms with Gasteiger partial charge in [0.25, 0.3) is 0 Å². The summed E-state index contributed by atoms with van der Waals surface area (Å²) in [7, 11) is 0. The van der Waals surface area contributed by atoms with E-state index in [4.69, 9.17) is 0 Å². The SMILES string of the molecule is CC(=O)[C@H]1CC[C@H]2[C@@H]3CC[C@@H]4C[C@@H](O)CC[C@]4(C)[C@H]3[C@@H](O)C[C@]12C. The van der Waals surface area contributed by atoms with Crippen LogP contribution in [0.4, 0.5) is 0 Å². The first-order valence-corrected chi connectivity index (χ1v) is 10.1. The third kappa shape index (κ3) is 2.19. The molecule has 136 valence electrons.